The molecule has 0 aromatic heterocycles. The maximum atomic E-state index is 13.4. The van der Waals surface area contributed by atoms with Crippen molar-refractivity contribution in [1.82, 2.24) is 0 Å². The number of benzene rings is 2. The second-order valence-corrected chi connectivity index (χ2v) is 4.69. The Morgan fingerprint density at radius 2 is 2.00 bits per heavy atom. The number of nitrogens with one attached hydrogen (secondary N) is 1. The van der Waals surface area contributed by atoms with Gasteiger partial charge in [0.15, 0.2) is 12.4 Å². The summed E-state index contributed by atoms with van der Waals surface area (Å²) in [4.78, 5) is 22.0. The molecule has 120 valence electrons. The molecule has 2 rings (SSSR count). The van der Waals surface area contributed by atoms with Crippen LogP contribution in [0.3, 0.4) is 0 Å². The number of carbonyl (C=O) groups excluding carboxylic acids is 1. The zero-order valence-electron chi connectivity index (χ0n) is 12.0. The van der Waals surface area contributed by atoms with Crippen molar-refractivity contribution in [3.8, 4) is 5.75 Å². The van der Waals surface area contributed by atoms with Crippen LogP contribution in [0.25, 0.3) is 0 Å². The lowest BCUT2D eigenvalue weighted by Gasteiger charge is -2.09. The van der Waals surface area contributed by atoms with Gasteiger partial charge in [-0.1, -0.05) is 6.07 Å². The molecule has 2 aromatic rings. The predicted molar refractivity (Wildman–Crippen MR) is 78.3 cm³/mol. The van der Waals surface area contributed by atoms with E-state index in [0.29, 0.717) is 11.6 Å². The summed E-state index contributed by atoms with van der Waals surface area (Å²) in [6.07, 6.45) is 0. The number of nitro benzene ring substituents is 1. The Labute approximate surface area is 129 Å². The van der Waals surface area contributed by atoms with Crippen LogP contribution in [-0.4, -0.2) is 17.4 Å². The van der Waals surface area contributed by atoms with Crippen LogP contribution in [-0.2, 0) is 4.79 Å². The fourth-order valence-corrected chi connectivity index (χ4v) is 1.81. The Balaban J connectivity index is 2.03. The highest BCUT2D eigenvalue weighted by Crippen LogP contribution is 2.27. The molecular formula is C15H12F2N2O4. The van der Waals surface area contributed by atoms with E-state index in [1.54, 1.807) is 13.0 Å². The molecule has 23 heavy (non-hydrogen) atoms. The fourth-order valence-electron chi connectivity index (χ4n) is 1.81. The van der Waals surface area contributed by atoms with Crippen LogP contribution in [0.5, 0.6) is 5.75 Å². The number of anilines is 1. The molecule has 0 unspecified atom stereocenters. The molecule has 2 aromatic carbocycles. The first-order chi connectivity index (χ1) is 10.9. The van der Waals surface area contributed by atoms with Crippen molar-refractivity contribution >= 4 is 17.3 Å². The Hall–Kier alpha value is -3.03. The molecule has 0 atom stereocenters. The van der Waals surface area contributed by atoms with Crippen LogP contribution >= 0.6 is 0 Å². The van der Waals surface area contributed by atoms with E-state index in [4.69, 9.17) is 4.74 Å². The van der Waals surface area contributed by atoms with Gasteiger partial charge >= 0.3 is 5.69 Å². The van der Waals surface area contributed by atoms with Gasteiger partial charge in [0, 0.05) is 12.1 Å². The van der Waals surface area contributed by atoms with Crippen molar-refractivity contribution in [2.75, 3.05) is 11.9 Å². The summed E-state index contributed by atoms with van der Waals surface area (Å²) in [7, 11) is 0. The molecule has 0 saturated carbocycles. The lowest BCUT2D eigenvalue weighted by Crippen LogP contribution is -2.21. The number of aryl methyl sites for hydroxylation is 1. The zero-order valence-corrected chi connectivity index (χ0v) is 12.0. The van der Waals surface area contributed by atoms with E-state index in [0.717, 1.165) is 12.1 Å². The molecule has 6 nitrogen and oxygen atoms in total. The van der Waals surface area contributed by atoms with Crippen molar-refractivity contribution in [2.45, 2.75) is 6.92 Å². The summed E-state index contributed by atoms with van der Waals surface area (Å²) < 4.78 is 31.3. The van der Waals surface area contributed by atoms with Crippen LogP contribution in [0.1, 0.15) is 5.56 Å². The number of carbonyl (C=O) groups is 1. The maximum Gasteiger partial charge on any atom is 0.311 e. The molecule has 0 aliphatic rings. The average Bonchev–Trinajstić information content (AvgIpc) is 2.48. The van der Waals surface area contributed by atoms with Gasteiger partial charge in [-0.2, -0.15) is 0 Å². The number of nitrogens with zero attached hydrogens (tertiary/aromatic N) is 1. The van der Waals surface area contributed by atoms with Gasteiger partial charge < -0.3 is 10.1 Å². The van der Waals surface area contributed by atoms with Crippen LogP contribution < -0.4 is 10.1 Å². The van der Waals surface area contributed by atoms with Gasteiger partial charge in [0.05, 0.1) is 10.6 Å². The second-order valence-electron chi connectivity index (χ2n) is 4.69. The van der Waals surface area contributed by atoms with E-state index in [1.807, 2.05) is 0 Å². The number of hydrogen-bond acceptors (Lipinski definition) is 4. The molecule has 0 radical (unpaired) electrons. The van der Waals surface area contributed by atoms with Crippen molar-refractivity contribution in [3.05, 3.63) is 63.7 Å². The molecule has 0 heterocycles. The van der Waals surface area contributed by atoms with Crippen LogP contribution in [0.4, 0.5) is 20.2 Å². The normalized spacial score (nSPS) is 10.2. The minimum atomic E-state index is -0.931. The van der Waals surface area contributed by atoms with E-state index in [9.17, 15) is 23.7 Å². The summed E-state index contributed by atoms with van der Waals surface area (Å²) >= 11 is 0. The summed E-state index contributed by atoms with van der Waals surface area (Å²) in [5, 5.41) is 13.1. The second kappa shape index (κ2) is 6.82. The van der Waals surface area contributed by atoms with Gasteiger partial charge in [0.2, 0.25) is 0 Å². The van der Waals surface area contributed by atoms with Crippen molar-refractivity contribution in [1.29, 1.82) is 0 Å². The lowest BCUT2D eigenvalue weighted by molar-refractivity contribution is -0.385. The van der Waals surface area contributed by atoms with E-state index in [-0.39, 0.29) is 17.1 Å². The van der Waals surface area contributed by atoms with E-state index in [2.05, 4.69) is 5.32 Å². The smallest absolute Gasteiger partial charge is 0.311 e. The zero-order chi connectivity index (χ0) is 17.0. The lowest BCUT2D eigenvalue weighted by atomic mass is 10.2. The van der Waals surface area contributed by atoms with Gasteiger partial charge in [-0.05, 0) is 30.7 Å². The molecular weight excluding hydrogens is 310 g/mol. The molecule has 0 aliphatic heterocycles. The number of ether oxygens (including phenoxy) is 1. The Morgan fingerprint density at radius 1 is 1.26 bits per heavy atom. The van der Waals surface area contributed by atoms with E-state index in [1.165, 1.54) is 12.1 Å². The van der Waals surface area contributed by atoms with E-state index >= 15 is 0 Å². The molecule has 0 saturated heterocycles. The molecule has 0 fully saturated rings. The van der Waals surface area contributed by atoms with Crippen molar-refractivity contribution in [3.63, 3.8) is 0 Å². The van der Waals surface area contributed by atoms with Gasteiger partial charge in [-0.15, -0.1) is 0 Å². The minimum Gasteiger partial charge on any atom is -0.477 e. The average molecular weight is 322 g/mol. The highest BCUT2D eigenvalue weighted by Gasteiger charge is 2.16. The third kappa shape index (κ3) is 4.22. The van der Waals surface area contributed by atoms with Gasteiger partial charge in [-0.3, -0.25) is 14.9 Å². The first kappa shape index (κ1) is 16.3. The largest absolute Gasteiger partial charge is 0.477 e. The van der Waals surface area contributed by atoms with E-state index < -0.39 is 29.1 Å². The van der Waals surface area contributed by atoms with Gasteiger partial charge in [0.25, 0.3) is 5.91 Å². The summed E-state index contributed by atoms with van der Waals surface area (Å²) in [5.41, 5.74) is 0.186. The van der Waals surface area contributed by atoms with Crippen molar-refractivity contribution in [2.24, 2.45) is 0 Å². The molecule has 8 heteroatoms. The quantitative estimate of drug-likeness (QED) is 0.677. The topological polar surface area (TPSA) is 81.5 Å². The van der Waals surface area contributed by atoms with Gasteiger partial charge in [0.1, 0.15) is 11.6 Å². The molecule has 0 spiro atoms. The number of halogens is 2. The molecule has 1 N–H and O–H groups in total. The first-order valence-electron chi connectivity index (χ1n) is 6.49. The molecule has 0 aliphatic carbocycles. The highest BCUT2D eigenvalue weighted by atomic mass is 19.1. The van der Waals surface area contributed by atoms with Crippen molar-refractivity contribution < 1.29 is 23.2 Å². The first-order valence-corrected chi connectivity index (χ1v) is 6.49. The Bertz CT molecular complexity index is 765. The van der Waals surface area contributed by atoms with Crippen LogP contribution in [0.15, 0.2) is 36.4 Å². The maximum absolute atomic E-state index is 13.4. The Kier molecular flexibility index (Phi) is 4.85. The standard InChI is InChI=1S/C15H12F2N2O4/c1-9-2-5-14(13(6-9)19(21)22)23-8-15(20)18-12-4-3-10(16)7-11(12)17/h2-7H,8H2,1H3,(H,18,20). The number of rotatable bonds is 5. The third-order valence-electron chi connectivity index (χ3n) is 2.88. The Morgan fingerprint density at radius 3 is 2.65 bits per heavy atom. The molecule has 0 bridgehead atoms. The van der Waals surface area contributed by atoms with Gasteiger partial charge in [-0.25, -0.2) is 8.78 Å². The number of hydrogen-bond donors (Lipinski definition) is 1. The van der Waals surface area contributed by atoms with Crippen LogP contribution in [0, 0.1) is 28.7 Å². The monoisotopic (exact) mass is 322 g/mol. The summed E-state index contributed by atoms with van der Waals surface area (Å²) in [6, 6.07) is 6.97. The van der Waals surface area contributed by atoms with Crippen LogP contribution in [0.2, 0.25) is 0 Å². The summed E-state index contributed by atoms with van der Waals surface area (Å²) in [5.74, 6) is -2.51. The third-order valence-corrected chi connectivity index (χ3v) is 2.88. The fraction of sp³-hybridized carbons (Fsp3) is 0.133. The minimum absolute atomic E-state index is 0.0738. The predicted octanol–water partition coefficient (Wildman–Crippen LogP) is 3.20. The number of nitro groups is 1. The number of amides is 1. The summed E-state index contributed by atoms with van der Waals surface area (Å²) in [6.45, 7) is 1.13. The molecule has 1 amide bonds. The highest BCUT2D eigenvalue weighted by molar-refractivity contribution is 5.92. The SMILES string of the molecule is Cc1ccc(OCC(=O)Nc2ccc(F)cc2F)c([N+](=O)[O-])c1.